The number of alkyl halides is 3. The van der Waals surface area contributed by atoms with Crippen molar-refractivity contribution in [2.24, 2.45) is 0 Å². The van der Waals surface area contributed by atoms with Gasteiger partial charge in [-0.1, -0.05) is 25.1 Å². The second kappa shape index (κ2) is 10.5. The summed E-state index contributed by atoms with van der Waals surface area (Å²) >= 11 is 0. The van der Waals surface area contributed by atoms with Crippen LogP contribution in [0.2, 0.25) is 0 Å². The van der Waals surface area contributed by atoms with Crippen LogP contribution >= 0.6 is 0 Å². The molecule has 0 unspecified atom stereocenters. The van der Waals surface area contributed by atoms with Crippen molar-refractivity contribution < 1.29 is 37.2 Å². The van der Waals surface area contributed by atoms with E-state index in [1.54, 1.807) is 13.8 Å². The number of anilines is 2. The third kappa shape index (κ3) is 5.49. The van der Waals surface area contributed by atoms with Gasteiger partial charge >= 0.3 is 12.1 Å². The van der Waals surface area contributed by atoms with Gasteiger partial charge in [0.1, 0.15) is 0 Å². The molecule has 0 aliphatic rings. The zero-order valence-electron chi connectivity index (χ0n) is 21.3. The number of amides is 2. The van der Waals surface area contributed by atoms with Crippen LogP contribution in [-0.2, 0) is 11.0 Å². The fourth-order valence-corrected chi connectivity index (χ4v) is 4.25. The van der Waals surface area contributed by atoms with E-state index in [0.717, 1.165) is 12.1 Å². The molecule has 9 nitrogen and oxygen atoms in total. The predicted octanol–water partition coefficient (Wildman–Crippen LogP) is 6.42. The average Bonchev–Trinajstić information content (AvgIpc) is 3.30. The molecule has 204 valence electrons. The van der Waals surface area contributed by atoms with Crippen molar-refractivity contribution in [3.05, 3.63) is 76.5 Å². The van der Waals surface area contributed by atoms with E-state index in [0.29, 0.717) is 5.56 Å². The Kier molecular flexibility index (Phi) is 7.33. The van der Waals surface area contributed by atoms with Crippen molar-refractivity contribution in [3.63, 3.8) is 0 Å². The Bertz CT molecular complexity index is 1720. The Morgan fingerprint density at radius 1 is 1.02 bits per heavy atom. The first kappa shape index (κ1) is 27.8. The minimum absolute atomic E-state index is 0.0301. The lowest BCUT2D eigenvalue weighted by molar-refractivity contribution is -0.137. The van der Waals surface area contributed by atoms with E-state index in [2.05, 4.69) is 15.8 Å². The van der Waals surface area contributed by atoms with Gasteiger partial charge in [-0.05, 0) is 65.1 Å². The molecule has 0 aliphatic carbocycles. The lowest BCUT2D eigenvalue weighted by atomic mass is 9.88. The number of nitrogens with zero attached hydrogens (tertiary/aromatic N) is 2. The number of nitriles is 1. The van der Waals surface area contributed by atoms with Crippen LogP contribution in [0.5, 0.6) is 0 Å². The molecule has 0 saturated heterocycles. The van der Waals surface area contributed by atoms with Gasteiger partial charge in [-0.25, -0.2) is 4.79 Å². The zero-order valence-corrected chi connectivity index (χ0v) is 21.3. The molecule has 1 aromatic heterocycles. The summed E-state index contributed by atoms with van der Waals surface area (Å²) in [7, 11) is 0. The van der Waals surface area contributed by atoms with E-state index in [-0.39, 0.29) is 56.2 Å². The van der Waals surface area contributed by atoms with Crippen LogP contribution < -0.4 is 10.6 Å². The summed E-state index contributed by atoms with van der Waals surface area (Å²) in [6, 6.07) is 11.8. The molecule has 40 heavy (non-hydrogen) atoms. The van der Waals surface area contributed by atoms with E-state index in [1.807, 2.05) is 6.07 Å². The van der Waals surface area contributed by atoms with Crippen molar-refractivity contribution >= 4 is 40.1 Å². The van der Waals surface area contributed by atoms with Crippen molar-refractivity contribution in [2.75, 3.05) is 10.6 Å². The maximum Gasteiger partial charge on any atom is 0.417 e. The lowest BCUT2D eigenvalue weighted by Crippen LogP contribution is -2.15. The van der Waals surface area contributed by atoms with Gasteiger partial charge in [-0.15, -0.1) is 0 Å². The van der Waals surface area contributed by atoms with Gasteiger partial charge in [0.05, 0.1) is 33.8 Å². The van der Waals surface area contributed by atoms with Crippen molar-refractivity contribution in [1.29, 1.82) is 5.26 Å². The lowest BCUT2D eigenvalue weighted by Gasteiger charge is -2.19. The van der Waals surface area contributed by atoms with Gasteiger partial charge in [0.15, 0.2) is 11.3 Å². The largest absolute Gasteiger partial charge is 0.478 e. The summed E-state index contributed by atoms with van der Waals surface area (Å²) in [6.07, 6.45) is -4.77. The number of benzene rings is 3. The SMILES string of the molecule is CC(=O)Nc1ccc(-c2cc3c(C(=O)Nc4ccc(C#N)cc4C(=O)O)noc3cc2C(C)C)c(C(F)(F)F)c1. The Labute approximate surface area is 225 Å². The third-order valence-electron chi connectivity index (χ3n) is 6.04. The number of hydrogen-bond acceptors (Lipinski definition) is 6. The van der Waals surface area contributed by atoms with Crippen LogP contribution in [0.4, 0.5) is 24.5 Å². The van der Waals surface area contributed by atoms with E-state index in [4.69, 9.17) is 9.78 Å². The fraction of sp³-hybridized carbons (Fsp3) is 0.179. The Balaban J connectivity index is 1.86. The number of fused-ring (bicyclic) bond motifs is 1. The first-order valence-corrected chi connectivity index (χ1v) is 11.8. The highest BCUT2D eigenvalue weighted by Crippen LogP contribution is 2.42. The fourth-order valence-electron chi connectivity index (χ4n) is 4.25. The topological polar surface area (TPSA) is 145 Å². The maximum atomic E-state index is 14.2. The van der Waals surface area contributed by atoms with Gasteiger partial charge in [-0.2, -0.15) is 18.4 Å². The molecule has 0 radical (unpaired) electrons. The van der Waals surface area contributed by atoms with Gasteiger partial charge in [0.25, 0.3) is 5.91 Å². The molecular weight excluding hydrogens is 529 g/mol. The summed E-state index contributed by atoms with van der Waals surface area (Å²) in [4.78, 5) is 36.2. The van der Waals surface area contributed by atoms with Crippen molar-refractivity contribution in [1.82, 2.24) is 5.16 Å². The molecule has 2 amide bonds. The van der Waals surface area contributed by atoms with Gasteiger partial charge < -0.3 is 20.3 Å². The number of carbonyl (C=O) groups is 3. The molecule has 0 bridgehead atoms. The molecular formula is C28H21F3N4O5. The predicted molar refractivity (Wildman–Crippen MR) is 139 cm³/mol. The molecule has 12 heteroatoms. The number of halogens is 3. The molecule has 4 rings (SSSR count). The normalized spacial score (nSPS) is 11.3. The van der Waals surface area contributed by atoms with Gasteiger partial charge in [0.2, 0.25) is 5.91 Å². The Morgan fingerprint density at radius 3 is 2.35 bits per heavy atom. The number of nitrogens with one attached hydrogen (secondary N) is 2. The minimum Gasteiger partial charge on any atom is -0.478 e. The second-order valence-electron chi connectivity index (χ2n) is 9.19. The highest BCUT2D eigenvalue weighted by atomic mass is 19.4. The first-order valence-electron chi connectivity index (χ1n) is 11.8. The maximum absolute atomic E-state index is 14.2. The molecule has 1 heterocycles. The highest BCUT2D eigenvalue weighted by Gasteiger charge is 2.35. The molecule has 3 aromatic carbocycles. The van der Waals surface area contributed by atoms with E-state index >= 15 is 0 Å². The van der Waals surface area contributed by atoms with E-state index in [9.17, 15) is 32.7 Å². The van der Waals surface area contributed by atoms with Crippen LogP contribution in [0, 0.1) is 11.3 Å². The molecule has 0 atom stereocenters. The first-order chi connectivity index (χ1) is 18.8. The summed E-state index contributed by atoms with van der Waals surface area (Å²) in [6.45, 7) is 4.75. The summed E-state index contributed by atoms with van der Waals surface area (Å²) in [5, 5.41) is 27.2. The minimum atomic E-state index is -4.77. The average molecular weight is 550 g/mol. The zero-order chi connectivity index (χ0) is 29.4. The molecule has 3 N–H and O–H groups in total. The molecule has 0 fully saturated rings. The third-order valence-corrected chi connectivity index (χ3v) is 6.04. The number of carboxylic acids is 1. The molecule has 0 saturated carbocycles. The quantitative estimate of drug-likeness (QED) is 0.251. The number of carboxylic acid groups (broad SMARTS) is 1. The molecule has 4 aromatic rings. The van der Waals surface area contributed by atoms with Gasteiger partial charge in [0, 0.05) is 12.6 Å². The second-order valence-corrected chi connectivity index (χ2v) is 9.19. The standard InChI is InChI=1S/C28H21F3N4O5/c1-13(2)18-11-24-21(10-19(18)17-6-5-16(33-14(3)36)9-22(17)28(29,30)31)25(35-40-24)26(37)34-23-7-4-15(12-32)8-20(23)27(38)39/h4-11,13H,1-3H3,(H,33,36)(H,34,37)(H,38,39). The molecule has 0 aliphatic heterocycles. The smallest absolute Gasteiger partial charge is 0.417 e. The summed E-state index contributed by atoms with van der Waals surface area (Å²) in [5.41, 5.74) is -1.06. The van der Waals surface area contributed by atoms with E-state index in [1.165, 1.54) is 43.3 Å². The summed E-state index contributed by atoms with van der Waals surface area (Å²) < 4.78 is 47.8. The number of aromatic carboxylic acids is 1. The number of aromatic nitrogens is 1. The van der Waals surface area contributed by atoms with Crippen LogP contribution in [0.25, 0.3) is 22.1 Å². The van der Waals surface area contributed by atoms with Crippen molar-refractivity contribution in [3.8, 4) is 17.2 Å². The number of hydrogen-bond donors (Lipinski definition) is 3. The van der Waals surface area contributed by atoms with Crippen molar-refractivity contribution in [2.45, 2.75) is 32.9 Å². The Hall–Kier alpha value is -5.18. The number of carbonyl (C=O) groups excluding carboxylic acids is 2. The van der Waals surface area contributed by atoms with Crippen LogP contribution in [-0.4, -0.2) is 28.0 Å². The monoisotopic (exact) mass is 550 g/mol. The van der Waals surface area contributed by atoms with Crippen LogP contribution in [0.15, 0.2) is 53.1 Å². The Morgan fingerprint density at radius 2 is 1.75 bits per heavy atom. The highest BCUT2D eigenvalue weighted by molar-refractivity contribution is 6.13. The number of rotatable bonds is 6. The van der Waals surface area contributed by atoms with Crippen LogP contribution in [0.3, 0.4) is 0 Å². The molecule has 0 spiro atoms. The summed E-state index contributed by atoms with van der Waals surface area (Å²) in [5.74, 6) is -3.04. The van der Waals surface area contributed by atoms with E-state index < -0.39 is 29.5 Å². The van der Waals surface area contributed by atoms with Gasteiger partial charge in [-0.3, -0.25) is 9.59 Å². The van der Waals surface area contributed by atoms with Crippen LogP contribution in [0.1, 0.15) is 64.2 Å².